The molecule has 8 heteroatoms. The summed E-state index contributed by atoms with van der Waals surface area (Å²) >= 11 is 0. The first-order valence-corrected chi connectivity index (χ1v) is 10.3. The topological polar surface area (TPSA) is 77.3 Å². The molecule has 1 N–H and O–H groups in total. The van der Waals surface area contributed by atoms with Gasteiger partial charge in [-0.15, -0.1) is 0 Å². The van der Waals surface area contributed by atoms with E-state index in [2.05, 4.69) is 31.9 Å². The second kappa shape index (κ2) is 8.61. The van der Waals surface area contributed by atoms with E-state index in [-0.39, 0.29) is 0 Å². The third-order valence-electron chi connectivity index (χ3n) is 5.29. The highest BCUT2D eigenvalue weighted by atomic mass is 16.5. The van der Waals surface area contributed by atoms with Crippen molar-refractivity contribution in [2.75, 3.05) is 43.6 Å². The molecule has 0 aliphatic carbocycles. The SMILES string of the molecule is COc1ccc(Nc2nc(N3CCOCC3)nc3c2ncn3Cc2ccccc2)cc1. The van der Waals surface area contributed by atoms with Crippen molar-refractivity contribution >= 4 is 28.6 Å². The van der Waals surface area contributed by atoms with Crippen molar-refractivity contribution in [3.05, 3.63) is 66.5 Å². The molecule has 0 bridgehead atoms. The summed E-state index contributed by atoms with van der Waals surface area (Å²) in [6, 6.07) is 18.1. The number of methoxy groups -OCH3 is 1. The monoisotopic (exact) mass is 416 g/mol. The third kappa shape index (κ3) is 4.15. The van der Waals surface area contributed by atoms with Crippen LogP contribution < -0.4 is 15.0 Å². The third-order valence-corrected chi connectivity index (χ3v) is 5.29. The number of anilines is 3. The van der Waals surface area contributed by atoms with Gasteiger partial charge in [-0.1, -0.05) is 30.3 Å². The molecule has 0 amide bonds. The van der Waals surface area contributed by atoms with E-state index in [0.29, 0.717) is 31.5 Å². The maximum atomic E-state index is 5.50. The summed E-state index contributed by atoms with van der Waals surface area (Å²) in [7, 11) is 1.66. The number of hydrogen-bond acceptors (Lipinski definition) is 7. The summed E-state index contributed by atoms with van der Waals surface area (Å²) in [5, 5.41) is 3.41. The molecule has 8 nitrogen and oxygen atoms in total. The molecule has 2 aromatic carbocycles. The number of benzene rings is 2. The molecular weight excluding hydrogens is 392 g/mol. The quantitative estimate of drug-likeness (QED) is 0.516. The van der Waals surface area contributed by atoms with Gasteiger partial charge in [0.1, 0.15) is 5.75 Å². The van der Waals surface area contributed by atoms with E-state index in [1.807, 2.05) is 48.8 Å². The van der Waals surface area contributed by atoms with Gasteiger partial charge in [0.05, 0.1) is 33.2 Å². The number of fused-ring (bicyclic) bond motifs is 1. The summed E-state index contributed by atoms with van der Waals surface area (Å²) in [4.78, 5) is 16.5. The van der Waals surface area contributed by atoms with Crippen molar-refractivity contribution in [1.29, 1.82) is 0 Å². The predicted octanol–water partition coefficient (Wildman–Crippen LogP) is 3.46. The molecule has 0 radical (unpaired) electrons. The normalized spacial score (nSPS) is 14.0. The lowest BCUT2D eigenvalue weighted by atomic mass is 10.2. The van der Waals surface area contributed by atoms with Crippen LogP contribution in [0.5, 0.6) is 5.75 Å². The van der Waals surface area contributed by atoms with E-state index in [1.54, 1.807) is 7.11 Å². The van der Waals surface area contributed by atoms with Crippen molar-refractivity contribution in [2.24, 2.45) is 0 Å². The Morgan fingerprint density at radius 2 is 1.77 bits per heavy atom. The van der Waals surface area contributed by atoms with E-state index in [0.717, 1.165) is 35.7 Å². The van der Waals surface area contributed by atoms with Crippen molar-refractivity contribution in [3.63, 3.8) is 0 Å². The maximum Gasteiger partial charge on any atom is 0.229 e. The Bertz CT molecular complexity index is 1150. The Kier molecular flexibility index (Phi) is 5.37. The van der Waals surface area contributed by atoms with Crippen LogP contribution in [0, 0.1) is 0 Å². The van der Waals surface area contributed by atoms with Crippen molar-refractivity contribution in [2.45, 2.75) is 6.54 Å². The molecule has 2 aromatic heterocycles. The average molecular weight is 416 g/mol. The van der Waals surface area contributed by atoms with Gasteiger partial charge in [-0.2, -0.15) is 9.97 Å². The lowest BCUT2D eigenvalue weighted by molar-refractivity contribution is 0.122. The highest BCUT2D eigenvalue weighted by Crippen LogP contribution is 2.27. The molecule has 4 aromatic rings. The highest BCUT2D eigenvalue weighted by Gasteiger charge is 2.19. The fourth-order valence-electron chi connectivity index (χ4n) is 3.63. The Hall–Kier alpha value is -3.65. The van der Waals surface area contributed by atoms with Gasteiger partial charge < -0.3 is 24.3 Å². The van der Waals surface area contributed by atoms with E-state index in [1.165, 1.54) is 5.56 Å². The summed E-state index contributed by atoms with van der Waals surface area (Å²) in [5.74, 6) is 2.17. The van der Waals surface area contributed by atoms with Gasteiger partial charge in [0.15, 0.2) is 17.0 Å². The van der Waals surface area contributed by atoms with Gasteiger partial charge in [-0.05, 0) is 29.8 Å². The zero-order valence-electron chi connectivity index (χ0n) is 17.4. The molecule has 0 spiro atoms. The fourth-order valence-corrected chi connectivity index (χ4v) is 3.63. The minimum absolute atomic E-state index is 0.673. The number of aromatic nitrogens is 4. The number of nitrogens with one attached hydrogen (secondary N) is 1. The smallest absolute Gasteiger partial charge is 0.229 e. The van der Waals surface area contributed by atoms with Gasteiger partial charge >= 0.3 is 0 Å². The van der Waals surface area contributed by atoms with Crippen LogP contribution in [0.15, 0.2) is 60.9 Å². The molecule has 0 atom stereocenters. The van der Waals surface area contributed by atoms with Gasteiger partial charge in [0, 0.05) is 18.8 Å². The average Bonchev–Trinajstić information content (AvgIpc) is 3.24. The van der Waals surface area contributed by atoms with E-state index < -0.39 is 0 Å². The molecule has 3 heterocycles. The molecular formula is C23H24N6O2. The van der Waals surface area contributed by atoms with Crippen LogP contribution in [0.25, 0.3) is 11.2 Å². The van der Waals surface area contributed by atoms with Crippen LogP contribution in [-0.4, -0.2) is 52.9 Å². The Morgan fingerprint density at radius 3 is 2.52 bits per heavy atom. The van der Waals surface area contributed by atoms with Gasteiger partial charge in [0.25, 0.3) is 0 Å². The number of ether oxygens (including phenoxy) is 2. The maximum absolute atomic E-state index is 5.50. The van der Waals surface area contributed by atoms with Crippen LogP contribution in [0.2, 0.25) is 0 Å². The highest BCUT2D eigenvalue weighted by molar-refractivity contribution is 5.86. The molecule has 0 saturated carbocycles. The molecule has 0 unspecified atom stereocenters. The van der Waals surface area contributed by atoms with Gasteiger partial charge in [-0.25, -0.2) is 4.98 Å². The number of rotatable bonds is 6. The Morgan fingerprint density at radius 1 is 1.00 bits per heavy atom. The van der Waals surface area contributed by atoms with Crippen LogP contribution in [0.3, 0.4) is 0 Å². The Labute approximate surface area is 180 Å². The Balaban J connectivity index is 1.55. The predicted molar refractivity (Wildman–Crippen MR) is 120 cm³/mol. The van der Waals surface area contributed by atoms with E-state index >= 15 is 0 Å². The second-order valence-electron chi connectivity index (χ2n) is 7.36. The van der Waals surface area contributed by atoms with Crippen LogP contribution >= 0.6 is 0 Å². The molecule has 1 aliphatic heterocycles. The summed E-state index contributed by atoms with van der Waals surface area (Å²) < 4.78 is 12.8. The van der Waals surface area contributed by atoms with Gasteiger partial charge in [-0.3, -0.25) is 0 Å². The van der Waals surface area contributed by atoms with Crippen LogP contribution in [-0.2, 0) is 11.3 Å². The molecule has 1 aliphatic rings. The number of hydrogen-bond donors (Lipinski definition) is 1. The summed E-state index contributed by atoms with van der Waals surface area (Å²) in [5.41, 5.74) is 3.64. The first-order valence-electron chi connectivity index (χ1n) is 10.3. The van der Waals surface area contributed by atoms with Crippen molar-refractivity contribution in [3.8, 4) is 5.75 Å². The lowest BCUT2D eigenvalue weighted by Crippen LogP contribution is -2.37. The number of nitrogens with zero attached hydrogens (tertiary/aromatic N) is 5. The van der Waals surface area contributed by atoms with E-state index in [9.17, 15) is 0 Å². The zero-order chi connectivity index (χ0) is 21.0. The fraction of sp³-hybridized carbons (Fsp3) is 0.261. The second-order valence-corrected chi connectivity index (χ2v) is 7.36. The minimum Gasteiger partial charge on any atom is -0.497 e. The van der Waals surface area contributed by atoms with E-state index in [4.69, 9.17) is 19.4 Å². The minimum atomic E-state index is 0.673. The lowest BCUT2D eigenvalue weighted by Gasteiger charge is -2.27. The summed E-state index contributed by atoms with van der Waals surface area (Å²) in [6.07, 6.45) is 1.83. The van der Waals surface area contributed by atoms with Crippen molar-refractivity contribution < 1.29 is 9.47 Å². The molecule has 31 heavy (non-hydrogen) atoms. The number of imidazole rings is 1. The standard InChI is InChI=1S/C23H24N6O2/c1-30-19-9-7-18(8-10-19)25-21-20-22(27-23(26-21)28-11-13-31-14-12-28)29(16-24-20)15-17-5-3-2-4-6-17/h2-10,16H,11-15H2,1H3,(H,25,26,27). The molecule has 5 rings (SSSR count). The zero-order valence-corrected chi connectivity index (χ0v) is 17.4. The van der Waals surface area contributed by atoms with Crippen LogP contribution in [0.4, 0.5) is 17.5 Å². The molecule has 1 fully saturated rings. The van der Waals surface area contributed by atoms with Crippen molar-refractivity contribution in [1.82, 2.24) is 19.5 Å². The molecule has 1 saturated heterocycles. The summed E-state index contributed by atoms with van der Waals surface area (Å²) in [6.45, 7) is 3.57. The first kappa shape index (κ1) is 19.3. The molecule has 158 valence electrons. The van der Waals surface area contributed by atoms with Crippen LogP contribution in [0.1, 0.15) is 5.56 Å². The largest absolute Gasteiger partial charge is 0.497 e. The number of morpholine rings is 1. The first-order chi connectivity index (χ1) is 15.3. The van der Waals surface area contributed by atoms with Gasteiger partial charge in [0.2, 0.25) is 5.95 Å².